The van der Waals surface area contributed by atoms with Crippen LogP contribution in [-0.4, -0.2) is 21.8 Å². The third-order valence-corrected chi connectivity index (χ3v) is 3.86. The average Bonchev–Trinajstić information content (AvgIpc) is 2.38. The normalized spacial score (nSPS) is 11.3. The monoisotopic (exact) mass is 280 g/mol. The van der Waals surface area contributed by atoms with E-state index in [1.807, 2.05) is 0 Å². The highest BCUT2D eigenvalue weighted by atomic mass is 32.2. The van der Waals surface area contributed by atoms with Crippen molar-refractivity contribution in [2.75, 3.05) is 13.4 Å². The predicted molar refractivity (Wildman–Crippen MR) is 71.5 cm³/mol. The topological polar surface area (TPSA) is 43.4 Å². The lowest BCUT2D eigenvalue weighted by Gasteiger charge is -2.07. The van der Waals surface area contributed by atoms with Gasteiger partial charge in [-0.15, -0.1) is 0 Å². The molecule has 19 heavy (non-hydrogen) atoms. The summed E-state index contributed by atoms with van der Waals surface area (Å²) in [7, 11) is -1.88. The van der Waals surface area contributed by atoms with Crippen molar-refractivity contribution in [2.45, 2.75) is 4.90 Å². The Hall–Kier alpha value is -1.88. The highest BCUT2D eigenvalue weighted by Crippen LogP contribution is 2.27. The summed E-state index contributed by atoms with van der Waals surface area (Å²) in [4.78, 5) is 0.209. The van der Waals surface area contributed by atoms with Crippen LogP contribution in [0.15, 0.2) is 47.4 Å². The van der Waals surface area contributed by atoms with E-state index >= 15 is 0 Å². The van der Waals surface area contributed by atoms with Crippen molar-refractivity contribution in [1.29, 1.82) is 0 Å². The van der Waals surface area contributed by atoms with Gasteiger partial charge in [0.25, 0.3) is 0 Å². The van der Waals surface area contributed by atoms with Gasteiger partial charge < -0.3 is 4.74 Å². The highest BCUT2D eigenvalue weighted by molar-refractivity contribution is 7.90. The van der Waals surface area contributed by atoms with Crippen LogP contribution in [0.1, 0.15) is 0 Å². The minimum atomic E-state index is -3.27. The third kappa shape index (κ3) is 2.93. The Balaban J connectivity index is 2.51. The molecule has 0 atom stereocenters. The maximum atomic E-state index is 13.6. The summed E-state index contributed by atoms with van der Waals surface area (Å²) in [5, 5.41) is 0. The zero-order valence-electron chi connectivity index (χ0n) is 10.6. The van der Waals surface area contributed by atoms with Crippen molar-refractivity contribution in [1.82, 2.24) is 0 Å². The molecule has 0 saturated carbocycles. The minimum absolute atomic E-state index is 0.156. The van der Waals surface area contributed by atoms with Crippen molar-refractivity contribution in [3.8, 4) is 16.9 Å². The largest absolute Gasteiger partial charge is 0.494 e. The molecular formula is C14H13FO3S. The molecule has 2 aromatic carbocycles. The van der Waals surface area contributed by atoms with Crippen LogP contribution < -0.4 is 4.74 Å². The second kappa shape index (κ2) is 5.01. The minimum Gasteiger partial charge on any atom is -0.494 e. The number of ether oxygens (including phenoxy) is 1. The van der Waals surface area contributed by atoms with Gasteiger partial charge in [0.15, 0.2) is 21.4 Å². The number of hydrogen-bond acceptors (Lipinski definition) is 3. The number of methoxy groups -OCH3 is 1. The summed E-state index contributed by atoms with van der Waals surface area (Å²) in [6.07, 6.45) is 1.14. The second-order valence-corrected chi connectivity index (χ2v) is 6.17. The molecule has 0 aliphatic rings. The van der Waals surface area contributed by atoms with E-state index in [4.69, 9.17) is 4.74 Å². The molecule has 2 rings (SSSR count). The molecule has 0 fully saturated rings. The molecule has 0 saturated heterocycles. The number of benzene rings is 2. The molecule has 0 heterocycles. The Morgan fingerprint density at radius 1 is 1.05 bits per heavy atom. The number of hydrogen-bond donors (Lipinski definition) is 0. The molecule has 0 radical (unpaired) electrons. The highest BCUT2D eigenvalue weighted by Gasteiger charge is 2.10. The summed E-state index contributed by atoms with van der Waals surface area (Å²) in [6, 6.07) is 10.9. The van der Waals surface area contributed by atoms with E-state index in [1.54, 1.807) is 18.2 Å². The summed E-state index contributed by atoms with van der Waals surface area (Å²) < 4.78 is 41.4. The summed E-state index contributed by atoms with van der Waals surface area (Å²) in [5.74, 6) is -0.326. The van der Waals surface area contributed by atoms with E-state index in [2.05, 4.69) is 0 Å². The van der Waals surface area contributed by atoms with Gasteiger partial charge in [0, 0.05) is 6.26 Å². The smallest absolute Gasteiger partial charge is 0.175 e. The fourth-order valence-corrected chi connectivity index (χ4v) is 2.42. The number of halogens is 1. The molecular weight excluding hydrogens is 267 g/mol. The SMILES string of the molecule is COc1ccc(-c2cccc(S(C)(=O)=O)c2)cc1F. The number of rotatable bonds is 3. The molecule has 2 aromatic rings. The fraction of sp³-hybridized carbons (Fsp3) is 0.143. The first-order chi connectivity index (χ1) is 8.91. The van der Waals surface area contributed by atoms with Crippen LogP contribution in [0, 0.1) is 5.82 Å². The summed E-state index contributed by atoms with van der Waals surface area (Å²) in [5.41, 5.74) is 1.24. The molecule has 0 aliphatic heterocycles. The van der Waals surface area contributed by atoms with Crippen LogP contribution in [0.5, 0.6) is 5.75 Å². The Kier molecular flexibility index (Phi) is 3.57. The van der Waals surface area contributed by atoms with Crippen LogP contribution in [0.3, 0.4) is 0 Å². The third-order valence-electron chi connectivity index (χ3n) is 2.75. The Morgan fingerprint density at radius 2 is 1.74 bits per heavy atom. The molecule has 5 heteroatoms. The zero-order valence-corrected chi connectivity index (χ0v) is 11.4. The molecule has 0 aromatic heterocycles. The van der Waals surface area contributed by atoms with E-state index in [1.165, 1.54) is 31.4 Å². The summed E-state index contributed by atoms with van der Waals surface area (Å²) in [6.45, 7) is 0. The molecule has 0 unspecified atom stereocenters. The molecule has 0 amide bonds. The first-order valence-corrected chi connectivity index (χ1v) is 7.45. The van der Waals surface area contributed by atoms with Crippen molar-refractivity contribution >= 4 is 9.84 Å². The summed E-state index contributed by atoms with van der Waals surface area (Å²) >= 11 is 0. The van der Waals surface area contributed by atoms with Gasteiger partial charge in [-0.05, 0) is 35.4 Å². The van der Waals surface area contributed by atoms with Crippen molar-refractivity contribution in [3.63, 3.8) is 0 Å². The van der Waals surface area contributed by atoms with Gasteiger partial charge in [0.2, 0.25) is 0 Å². The molecule has 0 bridgehead atoms. The van der Waals surface area contributed by atoms with Gasteiger partial charge in [0.1, 0.15) is 0 Å². The molecule has 0 aliphatic carbocycles. The maximum absolute atomic E-state index is 13.6. The van der Waals surface area contributed by atoms with E-state index < -0.39 is 15.7 Å². The van der Waals surface area contributed by atoms with Gasteiger partial charge >= 0.3 is 0 Å². The Morgan fingerprint density at radius 3 is 2.32 bits per heavy atom. The fourth-order valence-electron chi connectivity index (χ4n) is 1.75. The molecule has 3 nitrogen and oxygen atoms in total. The maximum Gasteiger partial charge on any atom is 0.175 e. The molecule has 0 spiro atoms. The van der Waals surface area contributed by atoms with Crippen LogP contribution >= 0.6 is 0 Å². The van der Waals surface area contributed by atoms with Gasteiger partial charge in [0.05, 0.1) is 12.0 Å². The standard InChI is InChI=1S/C14H13FO3S/c1-18-14-7-6-11(9-13(14)15)10-4-3-5-12(8-10)19(2,16)17/h3-9H,1-2H3. The van der Waals surface area contributed by atoms with Gasteiger partial charge in [-0.1, -0.05) is 18.2 Å². The first-order valence-electron chi connectivity index (χ1n) is 5.56. The van der Waals surface area contributed by atoms with Crippen LogP contribution in [0.2, 0.25) is 0 Å². The molecule has 100 valence electrons. The van der Waals surface area contributed by atoms with Crippen LogP contribution in [0.25, 0.3) is 11.1 Å². The quantitative estimate of drug-likeness (QED) is 0.868. The van der Waals surface area contributed by atoms with Crippen LogP contribution in [0.4, 0.5) is 4.39 Å². The zero-order chi connectivity index (χ0) is 14.0. The lowest BCUT2D eigenvalue weighted by atomic mass is 10.1. The van der Waals surface area contributed by atoms with Crippen molar-refractivity contribution < 1.29 is 17.5 Å². The molecule has 0 N–H and O–H groups in total. The van der Waals surface area contributed by atoms with Crippen molar-refractivity contribution in [2.24, 2.45) is 0 Å². The first kappa shape index (κ1) is 13.5. The van der Waals surface area contributed by atoms with Gasteiger partial charge in [-0.2, -0.15) is 0 Å². The lowest BCUT2D eigenvalue weighted by molar-refractivity contribution is 0.386. The predicted octanol–water partition coefficient (Wildman–Crippen LogP) is 2.90. The average molecular weight is 280 g/mol. The van der Waals surface area contributed by atoms with Gasteiger partial charge in [-0.3, -0.25) is 0 Å². The van der Waals surface area contributed by atoms with E-state index in [0.717, 1.165) is 6.26 Å². The van der Waals surface area contributed by atoms with E-state index in [-0.39, 0.29) is 10.6 Å². The lowest BCUT2D eigenvalue weighted by Crippen LogP contribution is -1.97. The number of sulfone groups is 1. The Bertz CT molecular complexity index is 708. The van der Waals surface area contributed by atoms with E-state index in [0.29, 0.717) is 11.1 Å². The second-order valence-electron chi connectivity index (χ2n) is 4.15. The Labute approximate surface area is 111 Å². The van der Waals surface area contributed by atoms with Gasteiger partial charge in [-0.25, -0.2) is 12.8 Å². The van der Waals surface area contributed by atoms with E-state index in [9.17, 15) is 12.8 Å². The van der Waals surface area contributed by atoms with Crippen molar-refractivity contribution in [3.05, 3.63) is 48.3 Å². The van der Waals surface area contributed by atoms with Crippen LogP contribution in [-0.2, 0) is 9.84 Å².